The van der Waals surface area contributed by atoms with Gasteiger partial charge in [-0.3, -0.25) is 19.9 Å². The highest BCUT2D eigenvalue weighted by atomic mass is 35.5. The number of ether oxygens (including phenoxy) is 5. The molecule has 3 aliphatic heterocycles. The number of alkyl carbamates (subject to hydrolysis) is 1. The number of anilines is 2. The number of allylic oxidation sites excluding steroid dienone is 3. The normalized spacial score (nSPS) is 29.5. The summed E-state index contributed by atoms with van der Waals surface area (Å²) >= 11 is 6.79. The number of esters is 1. The van der Waals surface area contributed by atoms with E-state index >= 15 is 0 Å². The number of benzene rings is 2. The lowest BCUT2D eigenvalue weighted by atomic mass is 9.83. The maximum absolute atomic E-state index is 14.3. The van der Waals surface area contributed by atoms with Crippen LogP contribution in [0.3, 0.4) is 0 Å². The Morgan fingerprint density at radius 1 is 1.21 bits per heavy atom. The minimum absolute atomic E-state index is 0.0732. The van der Waals surface area contributed by atoms with Gasteiger partial charge >= 0.3 is 12.1 Å². The van der Waals surface area contributed by atoms with Gasteiger partial charge in [-0.15, -0.1) is 0 Å². The number of aromatic nitrogens is 1. The number of carbonyl (C=O) groups is 4. The number of hydrogen-bond acceptors (Lipinski definition) is 12. The van der Waals surface area contributed by atoms with Gasteiger partial charge in [-0.2, -0.15) is 0 Å². The summed E-state index contributed by atoms with van der Waals surface area (Å²) < 4.78 is 29.4. The summed E-state index contributed by atoms with van der Waals surface area (Å²) in [6, 6.07) is 9.07. The standard InChI is InChI=1S/C42H50ClN5O10/c1-22-11-9-13-32(55-8)42(53)21-31(56-40(52)46-42)23(2)37-41(4,58-37)33(20-34(49)48(6)29-18-25(17-22)19-30(54-7)35(29)43)57-39(51)24(3)47(5)38(50)27-14-15-28(44)26-12-10-16-45-36(26)27/h9-16,18-19,23-24,31-33,37,53H,17,20-21,44H2,1-8H3,(H,46,52)/b13-9+,22-11+/t23-,24+,31+,32-,33+,37+,41+,42+/m1/s1. The molecule has 16 heteroatoms. The Kier molecular flexibility index (Phi) is 12.1. The lowest BCUT2D eigenvalue weighted by Gasteiger charge is -2.42. The molecule has 3 aromatic rings. The van der Waals surface area contributed by atoms with Gasteiger partial charge in [0.1, 0.15) is 40.7 Å². The first-order valence-electron chi connectivity index (χ1n) is 18.9. The first kappa shape index (κ1) is 42.4. The van der Waals surface area contributed by atoms with E-state index in [1.54, 1.807) is 75.6 Å². The zero-order chi connectivity index (χ0) is 42.3. The van der Waals surface area contributed by atoms with Crippen LogP contribution < -0.4 is 20.7 Å². The number of likely N-dealkylation sites (N-methyl/N-ethyl adjacent to an activating group) is 1. The molecule has 58 heavy (non-hydrogen) atoms. The van der Waals surface area contributed by atoms with Gasteiger partial charge in [-0.25, -0.2) is 9.59 Å². The fourth-order valence-corrected chi connectivity index (χ4v) is 8.05. The molecule has 310 valence electrons. The molecule has 15 nitrogen and oxygen atoms in total. The van der Waals surface area contributed by atoms with Crippen LogP contribution in [-0.4, -0.2) is 109 Å². The number of nitrogen functional groups attached to an aromatic ring is 1. The van der Waals surface area contributed by atoms with Crippen molar-refractivity contribution in [1.82, 2.24) is 15.2 Å². The van der Waals surface area contributed by atoms with Crippen LogP contribution in [0.15, 0.2) is 66.4 Å². The summed E-state index contributed by atoms with van der Waals surface area (Å²) in [6.07, 6.45) is 2.21. The maximum Gasteiger partial charge on any atom is 0.409 e. The van der Waals surface area contributed by atoms with Crippen molar-refractivity contribution < 1.29 is 48.0 Å². The largest absolute Gasteiger partial charge is 0.495 e. The van der Waals surface area contributed by atoms with E-state index in [9.17, 15) is 24.3 Å². The first-order valence-corrected chi connectivity index (χ1v) is 19.3. The van der Waals surface area contributed by atoms with Gasteiger partial charge in [-0.1, -0.05) is 42.3 Å². The van der Waals surface area contributed by atoms with Crippen LogP contribution in [0.4, 0.5) is 16.2 Å². The van der Waals surface area contributed by atoms with E-state index in [2.05, 4.69) is 10.3 Å². The number of hydrogen-bond donors (Lipinski definition) is 3. The Morgan fingerprint density at radius 3 is 2.66 bits per heavy atom. The summed E-state index contributed by atoms with van der Waals surface area (Å²) in [5.41, 5.74) is 6.17. The second-order valence-corrected chi connectivity index (χ2v) is 15.8. The summed E-state index contributed by atoms with van der Waals surface area (Å²) in [5.74, 6) is -1.97. The molecule has 1 aromatic heterocycles. The van der Waals surface area contributed by atoms with Crippen molar-refractivity contribution in [3.05, 3.63) is 82.5 Å². The van der Waals surface area contributed by atoms with E-state index < -0.39 is 71.6 Å². The number of aliphatic hydroxyl groups is 1. The molecule has 0 spiro atoms. The number of nitrogens with one attached hydrogen (secondary N) is 1. The van der Waals surface area contributed by atoms with Gasteiger partial charge in [0.2, 0.25) is 5.91 Å². The number of halogens is 1. The summed E-state index contributed by atoms with van der Waals surface area (Å²) in [7, 11) is 5.94. The van der Waals surface area contributed by atoms with Crippen molar-refractivity contribution in [2.45, 2.75) is 88.7 Å². The number of fused-ring (bicyclic) bond motifs is 6. The Morgan fingerprint density at radius 2 is 1.95 bits per heavy atom. The fraction of sp³-hybridized carbons (Fsp3) is 0.452. The topological polar surface area (TPSA) is 195 Å². The van der Waals surface area contributed by atoms with Crippen LogP contribution in [-0.2, 0) is 35.0 Å². The molecular formula is C42H50ClN5O10. The van der Waals surface area contributed by atoms with E-state index in [0.717, 1.165) is 11.1 Å². The lowest BCUT2D eigenvalue weighted by molar-refractivity contribution is -0.158. The Labute approximate surface area is 342 Å². The molecule has 0 aliphatic carbocycles. The van der Waals surface area contributed by atoms with Crippen molar-refractivity contribution in [2.24, 2.45) is 5.92 Å². The molecule has 2 fully saturated rings. The summed E-state index contributed by atoms with van der Waals surface area (Å²) in [6.45, 7) is 6.93. The highest BCUT2D eigenvalue weighted by molar-refractivity contribution is 6.35. The van der Waals surface area contributed by atoms with E-state index in [4.69, 9.17) is 41.0 Å². The summed E-state index contributed by atoms with van der Waals surface area (Å²) in [5, 5.41) is 15.1. The van der Waals surface area contributed by atoms with Crippen LogP contribution in [0.2, 0.25) is 5.02 Å². The number of epoxide rings is 1. The zero-order valence-corrected chi connectivity index (χ0v) is 34.5. The van der Waals surface area contributed by atoms with E-state index in [1.807, 2.05) is 13.0 Å². The SMILES string of the molecule is COc1cc2cc(c1Cl)N(C)C(=O)C[C@H](OC(=O)[C@H](C)N(C)C(=O)c1ccc(N)c3cccnc13)[C@]1(C)O[C@H]1[C@H](C)[C@@H]1C[C@@](O)(NC(=O)O1)[C@H](OC)/C=C/C=C(\C)C2. The second-order valence-electron chi connectivity index (χ2n) is 15.4. The van der Waals surface area contributed by atoms with Gasteiger partial charge in [0, 0.05) is 50.8 Å². The predicted octanol–water partition coefficient (Wildman–Crippen LogP) is 4.96. The Bertz CT molecular complexity index is 2180. The molecule has 0 saturated carbocycles. The van der Waals surface area contributed by atoms with Crippen LogP contribution in [0.1, 0.15) is 56.5 Å². The van der Waals surface area contributed by atoms with E-state index in [-0.39, 0.29) is 23.4 Å². The third-order valence-electron chi connectivity index (χ3n) is 11.5. The number of rotatable bonds is 6. The molecular weight excluding hydrogens is 770 g/mol. The first-order chi connectivity index (χ1) is 27.4. The van der Waals surface area contributed by atoms with Crippen LogP contribution in [0.25, 0.3) is 10.9 Å². The predicted molar refractivity (Wildman–Crippen MR) is 216 cm³/mol. The lowest BCUT2D eigenvalue weighted by Crippen LogP contribution is -2.63. The molecule has 0 radical (unpaired) electrons. The van der Waals surface area contributed by atoms with Crippen LogP contribution >= 0.6 is 11.6 Å². The molecule has 6 rings (SSSR count). The van der Waals surface area contributed by atoms with Crippen molar-refractivity contribution in [2.75, 3.05) is 38.9 Å². The number of nitrogens with zero attached hydrogens (tertiary/aromatic N) is 3. The highest BCUT2D eigenvalue weighted by Crippen LogP contribution is 2.49. The smallest absolute Gasteiger partial charge is 0.409 e. The highest BCUT2D eigenvalue weighted by Gasteiger charge is 2.64. The van der Waals surface area contributed by atoms with Gasteiger partial charge in [0.05, 0.1) is 36.4 Å². The van der Waals surface area contributed by atoms with E-state index in [1.165, 1.54) is 38.0 Å². The molecule has 4 bridgehead atoms. The van der Waals surface area contributed by atoms with Gasteiger partial charge < -0.3 is 44.3 Å². The molecule has 3 aliphatic rings. The molecule has 4 N–H and O–H groups in total. The molecule has 2 aromatic carbocycles. The zero-order valence-electron chi connectivity index (χ0n) is 33.8. The van der Waals surface area contributed by atoms with Crippen molar-refractivity contribution in [1.29, 1.82) is 0 Å². The molecule has 4 heterocycles. The number of nitrogens with two attached hydrogens (primary N) is 1. The second kappa shape index (κ2) is 16.6. The Hall–Kier alpha value is -5.22. The minimum atomic E-state index is -1.85. The number of amides is 3. The van der Waals surface area contributed by atoms with Gasteiger partial charge in [-0.05, 0) is 69.2 Å². The molecule has 8 atom stereocenters. The van der Waals surface area contributed by atoms with Crippen molar-refractivity contribution in [3.63, 3.8) is 0 Å². The van der Waals surface area contributed by atoms with Gasteiger partial charge in [0.15, 0.2) is 5.72 Å². The minimum Gasteiger partial charge on any atom is -0.495 e. The van der Waals surface area contributed by atoms with Crippen molar-refractivity contribution in [3.8, 4) is 5.75 Å². The molecule has 0 unspecified atom stereocenters. The number of pyridine rings is 1. The number of carbonyl (C=O) groups excluding carboxylic acids is 4. The van der Waals surface area contributed by atoms with Crippen LogP contribution in [0, 0.1) is 5.92 Å². The van der Waals surface area contributed by atoms with Crippen LogP contribution in [0.5, 0.6) is 5.75 Å². The quantitative estimate of drug-likeness (QED) is 0.172. The van der Waals surface area contributed by atoms with Crippen molar-refractivity contribution >= 4 is 57.8 Å². The Balaban J connectivity index is 1.35. The number of methoxy groups -OCH3 is 2. The van der Waals surface area contributed by atoms with E-state index in [0.29, 0.717) is 34.4 Å². The molecule has 2 saturated heterocycles. The monoisotopic (exact) mass is 819 g/mol. The average molecular weight is 820 g/mol. The summed E-state index contributed by atoms with van der Waals surface area (Å²) in [4.78, 5) is 62.1. The van der Waals surface area contributed by atoms with Gasteiger partial charge in [0.25, 0.3) is 5.91 Å². The third kappa shape index (κ3) is 8.21. The maximum atomic E-state index is 14.3. The fourth-order valence-electron chi connectivity index (χ4n) is 7.74. The molecule has 3 amide bonds. The average Bonchev–Trinajstić information content (AvgIpc) is 3.89. The third-order valence-corrected chi connectivity index (χ3v) is 11.9.